The molecule has 9 heteroatoms. The van der Waals surface area contributed by atoms with Gasteiger partial charge in [0.05, 0.1) is 16.1 Å². The average molecular weight is 418 g/mol. The number of hydrogen-bond acceptors (Lipinski definition) is 6. The molecule has 0 heterocycles. The number of benzene rings is 2. The SMILES string of the molecule is O=C(Nc1ccc(S(=O)(=O)C2CCC[C@@H]2C(=O)NO)cc1)OCc1ccccc1. The largest absolute Gasteiger partial charge is 0.444 e. The zero-order valence-electron chi connectivity index (χ0n) is 15.6. The number of carbonyl (C=O) groups is 2. The third-order valence-electron chi connectivity index (χ3n) is 4.94. The van der Waals surface area contributed by atoms with Crippen molar-refractivity contribution in [1.82, 2.24) is 5.48 Å². The van der Waals surface area contributed by atoms with Gasteiger partial charge in [-0.15, -0.1) is 0 Å². The highest BCUT2D eigenvalue weighted by atomic mass is 32.2. The Bertz CT molecular complexity index is 960. The molecule has 2 amide bonds. The van der Waals surface area contributed by atoms with E-state index in [9.17, 15) is 18.0 Å². The summed E-state index contributed by atoms with van der Waals surface area (Å²) in [5, 5.41) is 10.5. The van der Waals surface area contributed by atoms with Crippen LogP contribution in [-0.4, -0.2) is 30.9 Å². The van der Waals surface area contributed by atoms with Crippen LogP contribution in [-0.2, 0) is 26.0 Å². The van der Waals surface area contributed by atoms with Crippen molar-refractivity contribution < 1.29 is 28.0 Å². The molecule has 1 fully saturated rings. The minimum Gasteiger partial charge on any atom is -0.444 e. The molecule has 2 aromatic rings. The minimum atomic E-state index is -3.75. The third-order valence-corrected chi connectivity index (χ3v) is 7.23. The first kappa shape index (κ1) is 20.8. The van der Waals surface area contributed by atoms with Crippen molar-refractivity contribution in [3.63, 3.8) is 0 Å². The number of nitrogens with one attached hydrogen (secondary N) is 2. The van der Waals surface area contributed by atoms with Gasteiger partial charge in [-0.1, -0.05) is 36.8 Å². The van der Waals surface area contributed by atoms with Crippen LogP contribution in [0, 0.1) is 5.92 Å². The van der Waals surface area contributed by atoms with E-state index in [1.165, 1.54) is 24.3 Å². The normalized spacial score (nSPS) is 18.8. The summed E-state index contributed by atoms with van der Waals surface area (Å²) in [6, 6.07) is 14.9. The molecule has 0 saturated heterocycles. The van der Waals surface area contributed by atoms with Gasteiger partial charge in [0.25, 0.3) is 0 Å². The van der Waals surface area contributed by atoms with Gasteiger partial charge in [0.2, 0.25) is 5.91 Å². The lowest BCUT2D eigenvalue weighted by Crippen LogP contribution is -2.36. The molecule has 2 atom stereocenters. The molecule has 8 nitrogen and oxygen atoms in total. The number of ether oxygens (including phenoxy) is 1. The second-order valence-electron chi connectivity index (χ2n) is 6.81. The monoisotopic (exact) mass is 418 g/mol. The van der Waals surface area contributed by atoms with Crippen LogP contribution < -0.4 is 10.8 Å². The summed E-state index contributed by atoms with van der Waals surface area (Å²) in [7, 11) is -3.75. The molecule has 1 saturated carbocycles. The molecule has 0 radical (unpaired) electrons. The van der Waals surface area contributed by atoms with Gasteiger partial charge >= 0.3 is 6.09 Å². The van der Waals surface area contributed by atoms with Gasteiger partial charge in [-0.3, -0.25) is 15.3 Å². The van der Waals surface area contributed by atoms with E-state index in [1.807, 2.05) is 30.3 Å². The summed E-state index contributed by atoms with van der Waals surface area (Å²) < 4.78 is 30.9. The van der Waals surface area contributed by atoms with Gasteiger partial charge in [-0.25, -0.2) is 18.7 Å². The Hall–Kier alpha value is -2.91. The van der Waals surface area contributed by atoms with Crippen LogP contribution in [0.15, 0.2) is 59.5 Å². The summed E-state index contributed by atoms with van der Waals surface area (Å²) in [6.45, 7) is 0.120. The lowest BCUT2D eigenvalue weighted by atomic mass is 10.1. The molecular weight excluding hydrogens is 396 g/mol. The highest BCUT2D eigenvalue weighted by Crippen LogP contribution is 2.35. The second kappa shape index (κ2) is 9.06. The van der Waals surface area contributed by atoms with Gasteiger partial charge in [0.15, 0.2) is 9.84 Å². The molecule has 3 N–H and O–H groups in total. The van der Waals surface area contributed by atoms with Crippen LogP contribution in [0.3, 0.4) is 0 Å². The van der Waals surface area contributed by atoms with E-state index in [0.29, 0.717) is 24.9 Å². The van der Waals surface area contributed by atoms with E-state index in [0.717, 1.165) is 5.56 Å². The molecule has 29 heavy (non-hydrogen) atoms. The zero-order valence-corrected chi connectivity index (χ0v) is 16.4. The lowest BCUT2D eigenvalue weighted by Gasteiger charge is -2.18. The van der Waals surface area contributed by atoms with Crippen LogP contribution in [0.25, 0.3) is 0 Å². The van der Waals surface area contributed by atoms with E-state index in [2.05, 4.69) is 5.32 Å². The van der Waals surface area contributed by atoms with Crippen molar-refractivity contribution in [2.75, 3.05) is 5.32 Å². The number of anilines is 1. The Morgan fingerprint density at radius 3 is 2.38 bits per heavy atom. The quantitative estimate of drug-likeness (QED) is 0.490. The van der Waals surface area contributed by atoms with Crippen molar-refractivity contribution in [1.29, 1.82) is 0 Å². The molecule has 2 aromatic carbocycles. The van der Waals surface area contributed by atoms with Crippen molar-refractivity contribution >= 4 is 27.5 Å². The molecule has 0 aliphatic heterocycles. The van der Waals surface area contributed by atoms with Crippen LogP contribution in [0.2, 0.25) is 0 Å². The summed E-state index contributed by atoms with van der Waals surface area (Å²) >= 11 is 0. The average Bonchev–Trinajstić information content (AvgIpc) is 3.24. The fraction of sp³-hybridized carbons (Fsp3) is 0.300. The van der Waals surface area contributed by atoms with Crippen molar-refractivity contribution in [2.24, 2.45) is 5.92 Å². The maximum atomic E-state index is 12.9. The summed E-state index contributed by atoms with van der Waals surface area (Å²) in [5.74, 6) is -1.47. The Morgan fingerprint density at radius 1 is 1.03 bits per heavy atom. The van der Waals surface area contributed by atoms with Gasteiger partial charge < -0.3 is 4.74 Å². The summed E-state index contributed by atoms with van der Waals surface area (Å²) in [6.07, 6.45) is 0.699. The topological polar surface area (TPSA) is 122 Å². The predicted molar refractivity (Wildman–Crippen MR) is 105 cm³/mol. The molecule has 0 aromatic heterocycles. The van der Waals surface area contributed by atoms with Crippen LogP contribution in [0.4, 0.5) is 10.5 Å². The van der Waals surface area contributed by atoms with E-state index in [1.54, 1.807) is 5.48 Å². The molecule has 0 bridgehead atoms. The van der Waals surface area contributed by atoms with Gasteiger partial charge in [0.1, 0.15) is 6.61 Å². The zero-order chi connectivity index (χ0) is 20.9. The number of carbonyl (C=O) groups excluding carboxylic acids is 2. The first-order valence-corrected chi connectivity index (χ1v) is 10.7. The van der Waals surface area contributed by atoms with E-state index < -0.39 is 33.0 Å². The molecule has 1 unspecified atom stereocenters. The molecular formula is C20H22N2O6S. The highest BCUT2D eigenvalue weighted by Gasteiger charge is 2.42. The van der Waals surface area contributed by atoms with Gasteiger partial charge in [-0.05, 0) is 42.7 Å². The second-order valence-corrected chi connectivity index (χ2v) is 8.97. The standard InChI is InChI=1S/C20H22N2O6S/c23-19(22-25)17-7-4-8-18(17)29(26,27)16-11-9-15(10-12-16)21-20(24)28-13-14-5-2-1-3-6-14/h1-3,5-6,9-12,17-18,25H,4,7-8,13H2,(H,21,24)(H,22,23)/t17-,18?/m0/s1. The predicted octanol–water partition coefficient (Wildman–Crippen LogP) is 2.88. The first-order chi connectivity index (χ1) is 13.9. The van der Waals surface area contributed by atoms with Crippen molar-refractivity contribution in [3.8, 4) is 0 Å². The molecule has 154 valence electrons. The molecule has 1 aliphatic rings. The van der Waals surface area contributed by atoms with Gasteiger partial charge in [0, 0.05) is 5.69 Å². The number of sulfone groups is 1. The fourth-order valence-corrected chi connectivity index (χ4v) is 5.49. The van der Waals surface area contributed by atoms with E-state index in [4.69, 9.17) is 9.94 Å². The summed E-state index contributed by atoms with van der Waals surface area (Å²) in [4.78, 5) is 23.7. The smallest absolute Gasteiger partial charge is 0.411 e. The number of rotatable bonds is 6. The van der Waals surface area contributed by atoms with Crippen LogP contribution >= 0.6 is 0 Å². The number of hydroxylamine groups is 1. The number of hydrogen-bond donors (Lipinski definition) is 3. The van der Waals surface area contributed by atoms with Gasteiger partial charge in [-0.2, -0.15) is 0 Å². The Balaban J connectivity index is 1.63. The molecule has 0 spiro atoms. The Kier molecular flexibility index (Phi) is 6.50. The maximum Gasteiger partial charge on any atom is 0.411 e. The third kappa shape index (κ3) is 4.93. The molecule has 1 aliphatic carbocycles. The summed E-state index contributed by atoms with van der Waals surface area (Å²) in [5.41, 5.74) is 2.79. The lowest BCUT2D eigenvalue weighted by molar-refractivity contribution is -0.133. The molecule has 3 rings (SSSR count). The Labute approximate surface area is 168 Å². The minimum absolute atomic E-state index is 0.0587. The van der Waals surface area contributed by atoms with Crippen LogP contribution in [0.5, 0.6) is 0 Å². The fourth-order valence-electron chi connectivity index (χ4n) is 3.46. The Morgan fingerprint density at radius 2 is 1.72 bits per heavy atom. The van der Waals surface area contributed by atoms with Crippen LogP contribution in [0.1, 0.15) is 24.8 Å². The first-order valence-electron chi connectivity index (χ1n) is 9.17. The van der Waals surface area contributed by atoms with Crippen molar-refractivity contribution in [3.05, 3.63) is 60.2 Å². The maximum absolute atomic E-state index is 12.9. The van der Waals surface area contributed by atoms with E-state index >= 15 is 0 Å². The number of amides is 2. The van der Waals surface area contributed by atoms with Crippen molar-refractivity contribution in [2.45, 2.75) is 36.0 Å². The highest BCUT2D eigenvalue weighted by molar-refractivity contribution is 7.92. The van der Waals surface area contributed by atoms with E-state index in [-0.39, 0.29) is 11.5 Å².